The van der Waals surface area contributed by atoms with Crippen molar-refractivity contribution in [3.8, 4) is 0 Å². The van der Waals surface area contributed by atoms with Gasteiger partial charge >= 0.3 is 0 Å². The second-order valence-electron chi connectivity index (χ2n) is 7.86. The fourth-order valence-electron chi connectivity index (χ4n) is 4.05. The molecule has 1 heterocycles. The zero-order chi connectivity index (χ0) is 14.8. The number of nitrogens with two attached hydrogens (primary N) is 1. The Kier molecular flexibility index (Phi) is 5.49. The van der Waals surface area contributed by atoms with E-state index in [2.05, 4.69) is 37.6 Å². The lowest BCUT2D eigenvalue weighted by Crippen LogP contribution is -2.50. The molecule has 1 aliphatic heterocycles. The van der Waals surface area contributed by atoms with Crippen LogP contribution in [0.4, 0.5) is 0 Å². The average Bonchev–Trinajstić information content (AvgIpc) is 2.91. The molecule has 2 aliphatic rings. The molecule has 1 saturated heterocycles. The quantitative estimate of drug-likeness (QED) is 0.840. The van der Waals surface area contributed by atoms with E-state index in [0.717, 1.165) is 5.92 Å². The Hall–Kier alpha value is -0.120. The second kappa shape index (κ2) is 6.76. The minimum Gasteiger partial charge on any atom is -0.327 e. The maximum absolute atomic E-state index is 6.27. The Morgan fingerprint density at radius 2 is 1.85 bits per heavy atom. The normalized spacial score (nSPS) is 34.8. The molecule has 20 heavy (non-hydrogen) atoms. The number of likely N-dealkylation sites (N-methyl/N-ethyl adjacent to an activating group) is 1. The molecule has 3 heteroatoms. The molecule has 1 saturated carbocycles. The van der Waals surface area contributed by atoms with Crippen molar-refractivity contribution in [3.63, 3.8) is 0 Å². The van der Waals surface area contributed by atoms with E-state index in [-0.39, 0.29) is 0 Å². The summed E-state index contributed by atoms with van der Waals surface area (Å²) in [6.45, 7) is 13.5. The van der Waals surface area contributed by atoms with Crippen molar-refractivity contribution in [2.75, 3.05) is 39.8 Å². The molecule has 0 amide bonds. The predicted molar refractivity (Wildman–Crippen MR) is 86.8 cm³/mol. The van der Waals surface area contributed by atoms with Gasteiger partial charge in [-0.25, -0.2) is 0 Å². The van der Waals surface area contributed by atoms with Crippen molar-refractivity contribution in [1.82, 2.24) is 9.80 Å². The first-order valence-electron chi connectivity index (χ1n) is 8.57. The average molecular weight is 281 g/mol. The largest absolute Gasteiger partial charge is 0.327 e. The molecule has 1 aliphatic carbocycles. The van der Waals surface area contributed by atoms with E-state index in [1.807, 2.05) is 0 Å². The Morgan fingerprint density at radius 3 is 2.50 bits per heavy atom. The topological polar surface area (TPSA) is 32.5 Å². The molecular formula is C17H35N3. The third kappa shape index (κ3) is 3.75. The lowest BCUT2D eigenvalue weighted by atomic mass is 9.61. The summed E-state index contributed by atoms with van der Waals surface area (Å²) in [7, 11) is 2.30. The van der Waals surface area contributed by atoms with Gasteiger partial charge in [0.1, 0.15) is 0 Å². The monoisotopic (exact) mass is 281 g/mol. The van der Waals surface area contributed by atoms with Crippen LogP contribution in [0, 0.1) is 17.3 Å². The van der Waals surface area contributed by atoms with Crippen LogP contribution in [0.15, 0.2) is 0 Å². The third-order valence-electron chi connectivity index (χ3n) is 6.25. The van der Waals surface area contributed by atoms with Gasteiger partial charge in [-0.2, -0.15) is 0 Å². The lowest BCUT2D eigenvalue weighted by molar-refractivity contribution is 0.0325. The maximum atomic E-state index is 6.27. The van der Waals surface area contributed by atoms with Crippen LogP contribution >= 0.6 is 0 Å². The highest BCUT2D eigenvalue weighted by Gasteiger charge is 2.41. The lowest BCUT2D eigenvalue weighted by Gasteiger charge is -2.48. The highest BCUT2D eigenvalue weighted by atomic mass is 15.2. The Bertz CT molecular complexity index is 297. The van der Waals surface area contributed by atoms with Gasteiger partial charge in [0.2, 0.25) is 0 Å². The summed E-state index contributed by atoms with van der Waals surface area (Å²) < 4.78 is 0. The van der Waals surface area contributed by atoms with Gasteiger partial charge in [0.25, 0.3) is 0 Å². The predicted octanol–water partition coefficient (Wildman–Crippen LogP) is 2.41. The fraction of sp³-hybridized carbons (Fsp3) is 1.00. The van der Waals surface area contributed by atoms with Crippen LogP contribution in [0.5, 0.6) is 0 Å². The van der Waals surface area contributed by atoms with Crippen LogP contribution < -0.4 is 5.73 Å². The van der Waals surface area contributed by atoms with E-state index in [9.17, 15) is 0 Å². The molecule has 3 unspecified atom stereocenters. The molecule has 2 fully saturated rings. The van der Waals surface area contributed by atoms with Crippen molar-refractivity contribution in [2.24, 2.45) is 23.0 Å². The van der Waals surface area contributed by atoms with Gasteiger partial charge in [-0.15, -0.1) is 0 Å². The Labute approximate surface area is 125 Å². The van der Waals surface area contributed by atoms with Crippen molar-refractivity contribution < 1.29 is 0 Å². The SMILES string of the molecule is CC1C(N)CCC(CN(C)CCN2CCCC2)C1(C)C. The third-order valence-corrected chi connectivity index (χ3v) is 6.25. The molecule has 0 aromatic rings. The Balaban J connectivity index is 1.79. The number of hydrogen-bond acceptors (Lipinski definition) is 3. The van der Waals surface area contributed by atoms with Gasteiger partial charge in [0.05, 0.1) is 0 Å². The van der Waals surface area contributed by atoms with Crippen LogP contribution in [-0.4, -0.2) is 55.6 Å². The summed E-state index contributed by atoms with van der Waals surface area (Å²) in [5.41, 5.74) is 6.64. The van der Waals surface area contributed by atoms with E-state index in [1.54, 1.807) is 0 Å². The molecule has 2 N–H and O–H groups in total. The first-order chi connectivity index (χ1) is 9.41. The zero-order valence-electron chi connectivity index (χ0n) is 14.1. The first kappa shape index (κ1) is 16.3. The summed E-state index contributed by atoms with van der Waals surface area (Å²) in [6.07, 6.45) is 5.30. The van der Waals surface area contributed by atoms with Crippen molar-refractivity contribution >= 4 is 0 Å². The summed E-state index contributed by atoms with van der Waals surface area (Å²) in [6, 6.07) is 0.399. The summed E-state index contributed by atoms with van der Waals surface area (Å²) in [5, 5.41) is 0. The summed E-state index contributed by atoms with van der Waals surface area (Å²) in [5.74, 6) is 1.43. The Morgan fingerprint density at radius 1 is 1.20 bits per heavy atom. The maximum Gasteiger partial charge on any atom is 0.0109 e. The standard InChI is InChI=1S/C17H35N3/c1-14-16(18)8-7-15(17(14,2)3)13-19(4)11-12-20-9-5-6-10-20/h14-16H,5-13,18H2,1-4H3. The van der Waals surface area contributed by atoms with Crippen LogP contribution in [0.3, 0.4) is 0 Å². The molecule has 3 atom stereocenters. The molecule has 0 aromatic carbocycles. The van der Waals surface area contributed by atoms with Gasteiger partial charge in [-0.05, 0) is 63.1 Å². The molecule has 0 aromatic heterocycles. The molecular weight excluding hydrogens is 246 g/mol. The van der Waals surface area contributed by atoms with Crippen molar-refractivity contribution in [2.45, 2.75) is 52.5 Å². The molecule has 0 spiro atoms. The van der Waals surface area contributed by atoms with Gasteiger partial charge in [0, 0.05) is 25.7 Å². The smallest absolute Gasteiger partial charge is 0.0109 e. The first-order valence-corrected chi connectivity index (χ1v) is 8.57. The highest BCUT2D eigenvalue weighted by molar-refractivity contribution is 4.94. The number of likely N-dealkylation sites (tertiary alicyclic amines) is 1. The van der Waals surface area contributed by atoms with Gasteiger partial charge in [-0.1, -0.05) is 20.8 Å². The minimum absolute atomic E-state index is 0.375. The second-order valence-corrected chi connectivity index (χ2v) is 7.86. The van der Waals surface area contributed by atoms with Crippen LogP contribution in [0.1, 0.15) is 46.5 Å². The number of hydrogen-bond donors (Lipinski definition) is 1. The van der Waals surface area contributed by atoms with E-state index >= 15 is 0 Å². The van der Waals surface area contributed by atoms with Gasteiger partial charge in [-0.3, -0.25) is 0 Å². The van der Waals surface area contributed by atoms with E-state index in [0.29, 0.717) is 17.4 Å². The van der Waals surface area contributed by atoms with Crippen LogP contribution in [0.2, 0.25) is 0 Å². The molecule has 3 nitrogen and oxygen atoms in total. The molecule has 0 radical (unpaired) electrons. The van der Waals surface area contributed by atoms with Gasteiger partial charge in [0.15, 0.2) is 0 Å². The number of rotatable bonds is 5. The van der Waals surface area contributed by atoms with Crippen molar-refractivity contribution in [3.05, 3.63) is 0 Å². The van der Waals surface area contributed by atoms with Gasteiger partial charge < -0.3 is 15.5 Å². The van der Waals surface area contributed by atoms with Crippen LogP contribution in [0.25, 0.3) is 0 Å². The molecule has 0 bridgehead atoms. The van der Waals surface area contributed by atoms with Crippen molar-refractivity contribution in [1.29, 1.82) is 0 Å². The summed E-state index contributed by atoms with van der Waals surface area (Å²) >= 11 is 0. The highest BCUT2D eigenvalue weighted by Crippen LogP contribution is 2.44. The molecule has 2 rings (SSSR count). The summed E-state index contributed by atoms with van der Waals surface area (Å²) in [4.78, 5) is 5.16. The molecule has 118 valence electrons. The number of nitrogens with zero attached hydrogens (tertiary/aromatic N) is 2. The van der Waals surface area contributed by atoms with Crippen LogP contribution in [-0.2, 0) is 0 Å². The fourth-order valence-corrected chi connectivity index (χ4v) is 4.05. The van der Waals surface area contributed by atoms with E-state index < -0.39 is 0 Å². The minimum atomic E-state index is 0.375. The zero-order valence-corrected chi connectivity index (χ0v) is 14.1. The van der Waals surface area contributed by atoms with E-state index in [1.165, 1.54) is 58.4 Å². The van der Waals surface area contributed by atoms with E-state index in [4.69, 9.17) is 5.73 Å².